The van der Waals surface area contributed by atoms with Crippen molar-refractivity contribution < 1.29 is 0 Å². The van der Waals surface area contributed by atoms with Crippen LogP contribution >= 0.6 is 0 Å². The van der Waals surface area contributed by atoms with Crippen molar-refractivity contribution in [1.29, 1.82) is 0 Å². The Labute approximate surface area is 228 Å². The van der Waals surface area contributed by atoms with Crippen LogP contribution < -0.4 is 4.90 Å². The van der Waals surface area contributed by atoms with Crippen LogP contribution in [0, 0.1) is 13.8 Å². The summed E-state index contributed by atoms with van der Waals surface area (Å²) in [5, 5.41) is 7.71. The molecule has 1 aliphatic rings. The van der Waals surface area contributed by atoms with Crippen molar-refractivity contribution in [2.24, 2.45) is 0 Å². The van der Waals surface area contributed by atoms with E-state index in [4.69, 9.17) is 0 Å². The van der Waals surface area contributed by atoms with E-state index in [1.165, 1.54) is 82.8 Å². The van der Waals surface area contributed by atoms with Gasteiger partial charge in [-0.2, -0.15) is 0 Å². The third-order valence-electron chi connectivity index (χ3n) is 8.49. The normalized spacial score (nSPS) is 11.8. The molecule has 0 bridgehead atoms. The lowest BCUT2D eigenvalue weighted by molar-refractivity contribution is 1.32. The highest BCUT2D eigenvalue weighted by molar-refractivity contribution is 6.20. The highest BCUT2D eigenvalue weighted by Crippen LogP contribution is 2.52. The monoisotopic (exact) mass is 497 g/mol. The zero-order valence-electron chi connectivity index (χ0n) is 22.1. The number of nitrogens with zero attached hydrogens (tertiary/aromatic N) is 1. The van der Waals surface area contributed by atoms with E-state index in [0.717, 1.165) is 0 Å². The van der Waals surface area contributed by atoms with Gasteiger partial charge in [-0.25, -0.2) is 0 Å². The molecule has 0 unspecified atom stereocenters. The summed E-state index contributed by atoms with van der Waals surface area (Å²) in [5.74, 6) is 0. The van der Waals surface area contributed by atoms with Gasteiger partial charge < -0.3 is 4.90 Å². The molecule has 0 atom stereocenters. The van der Waals surface area contributed by atoms with Crippen LogP contribution in [0.25, 0.3) is 54.6 Å². The highest BCUT2D eigenvalue weighted by Gasteiger charge is 2.26. The Hall–Kier alpha value is -4.88. The van der Waals surface area contributed by atoms with Gasteiger partial charge in [0.1, 0.15) is 0 Å². The van der Waals surface area contributed by atoms with Gasteiger partial charge in [-0.1, -0.05) is 109 Å². The quantitative estimate of drug-likeness (QED) is 0.235. The van der Waals surface area contributed by atoms with Crippen molar-refractivity contribution in [1.82, 2.24) is 0 Å². The maximum absolute atomic E-state index is 2.50. The zero-order chi connectivity index (χ0) is 26.1. The second kappa shape index (κ2) is 8.31. The van der Waals surface area contributed by atoms with E-state index in [2.05, 4.69) is 146 Å². The predicted octanol–water partition coefficient (Wildman–Crippen LogP) is 10.9. The van der Waals surface area contributed by atoms with Gasteiger partial charge >= 0.3 is 0 Å². The first-order valence-electron chi connectivity index (χ1n) is 13.6. The van der Waals surface area contributed by atoms with Crippen LogP contribution in [0.5, 0.6) is 0 Å². The van der Waals surface area contributed by atoms with Crippen molar-refractivity contribution in [3.05, 3.63) is 139 Å². The van der Waals surface area contributed by atoms with Crippen molar-refractivity contribution in [3.8, 4) is 22.3 Å². The Morgan fingerprint density at radius 3 is 1.33 bits per heavy atom. The number of rotatable bonds is 3. The first-order chi connectivity index (χ1) is 19.2. The maximum Gasteiger partial charge on any atom is 0.0541 e. The van der Waals surface area contributed by atoms with E-state index in [-0.39, 0.29) is 0 Å². The summed E-state index contributed by atoms with van der Waals surface area (Å²) in [7, 11) is 0. The molecular weight excluding hydrogens is 470 g/mol. The van der Waals surface area contributed by atoms with Crippen LogP contribution in [0.4, 0.5) is 17.1 Å². The molecule has 0 saturated carbocycles. The Balaban J connectivity index is 1.51. The van der Waals surface area contributed by atoms with Crippen LogP contribution in [0.1, 0.15) is 11.1 Å². The number of hydrogen-bond acceptors (Lipinski definition) is 1. The van der Waals surface area contributed by atoms with Crippen molar-refractivity contribution in [2.45, 2.75) is 13.8 Å². The van der Waals surface area contributed by atoms with Gasteiger partial charge in [0.05, 0.1) is 17.1 Å². The third kappa shape index (κ3) is 3.14. The first-order valence-corrected chi connectivity index (χ1v) is 13.6. The van der Waals surface area contributed by atoms with Gasteiger partial charge in [0, 0.05) is 16.2 Å². The highest BCUT2D eigenvalue weighted by atomic mass is 15.1. The van der Waals surface area contributed by atoms with E-state index in [0.29, 0.717) is 0 Å². The van der Waals surface area contributed by atoms with Gasteiger partial charge in [0.15, 0.2) is 0 Å². The van der Waals surface area contributed by atoms with Gasteiger partial charge in [-0.05, 0) is 81.6 Å². The molecule has 0 spiro atoms. The average Bonchev–Trinajstić information content (AvgIpc) is 3.32. The molecule has 0 aliphatic heterocycles. The second-order valence-corrected chi connectivity index (χ2v) is 10.6. The van der Waals surface area contributed by atoms with E-state index in [1.807, 2.05) is 0 Å². The molecule has 39 heavy (non-hydrogen) atoms. The third-order valence-corrected chi connectivity index (χ3v) is 8.49. The van der Waals surface area contributed by atoms with Gasteiger partial charge in [-0.15, -0.1) is 0 Å². The van der Waals surface area contributed by atoms with Crippen molar-refractivity contribution in [3.63, 3.8) is 0 Å². The molecule has 1 nitrogen and oxygen atoms in total. The first kappa shape index (κ1) is 22.1. The molecule has 1 aliphatic carbocycles. The lowest BCUT2D eigenvalue weighted by atomic mass is 9.97. The van der Waals surface area contributed by atoms with Crippen LogP contribution in [-0.2, 0) is 0 Å². The minimum absolute atomic E-state index is 1.20. The molecule has 0 amide bonds. The van der Waals surface area contributed by atoms with Gasteiger partial charge in [0.2, 0.25) is 0 Å². The molecule has 7 aromatic carbocycles. The van der Waals surface area contributed by atoms with E-state index < -0.39 is 0 Å². The van der Waals surface area contributed by atoms with Crippen LogP contribution in [0.2, 0.25) is 0 Å². The second-order valence-electron chi connectivity index (χ2n) is 10.6. The van der Waals surface area contributed by atoms with Crippen molar-refractivity contribution >= 4 is 49.4 Å². The van der Waals surface area contributed by atoms with Crippen molar-refractivity contribution in [2.75, 3.05) is 4.90 Å². The summed E-state index contributed by atoms with van der Waals surface area (Å²) < 4.78 is 0. The smallest absolute Gasteiger partial charge is 0.0541 e. The average molecular weight is 498 g/mol. The summed E-state index contributed by atoms with van der Waals surface area (Å²) in [6.07, 6.45) is 0. The lowest BCUT2D eigenvalue weighted by Gasteiger charge is -2.30. The molecule has 0 fully saturated rings. The summed E-state index contributed by atoms with van der Waals surface area (Å²) in [6, 6.07) is 46.9. The summed E-state index contributed by atoms with van der Waals surface area (Å²) >= 11 is 0. The Bertz CT molecular complexity index is 1980. The fraction of sp³-hybridized carbons (Fsp3) is 0.0526. The minimum Gasteiger partial charge on any atom is -0.309 e. The SMILES string of the molecule is Cc1ccc(N(c2ccc(C)c3ccccc23)c2ccc3c4c(cccc24)-c2ccccc2-3)c2ccccc12. The van der Waals surface area contributed by atoms with Gasteiger partial charge in [-0.3, -0.25) is 0 Å². The van der Waals surface area contributed by atoms with E-state index in [9.17, 15) is 0 Å². The lowest BCUT2D eigenvalue weighted by Crippen LogP contribution is -2.12. The fourth-order valence-electron chi connectivity index (χ4n) is 6.63. The van der Waals surface area contributed by atoms with Crippen LogP contribution in [0.3, 0.4) is 0 Å². The van der Waals surface area contributed by atoms with Crippen LogP contribution in [0.15, 0.2) is 127 Å². The van der Waals surface area contributed by atoms with Gasteiger partial charge in [0.25, 0.3) is 0 Å². The van der Waals surface area contributed by atoms with E-state index >= 15 is 0 Å². The summed E-state index contributed by atoms with van der Waals surface area (Å²) in [5.41, 5.74) is 11.5. The molecule has 7 aromatic rings. The Morgan fingerprint density at radius 2 is 0.744 bits per heavy atom. The molecule has 1 heteroatoms. The number of hydrogen-bond donors (Lipinski definition) is 0. The molecule has 0 saturated heterocycles. The number of fused-ring (bicyclic) bond motifs is 5. The number of anilines is 3. The zero-order valence-corrected chi connectivity index (χ0v) is 22.1. The molecule has 0 N–H and O–H groups in total. The number of aryl methyl sites for hydroxylation is 2. The topological polar surface area (TPSA) is 3.24 Å². The Morgan fingerprint density at radius 1 is 0.333 bits per heavy atom. The van der Waals surface area contributed by atoms with E-state index in [1.54, 1.807) is 0 Å². The maximum atomic E-state index is 2.50. The fourth-order valence-corrected chi connectivity index (χ4v) is 6.63. The molecule has 0 aromatic heterocycles. The standard InChI is InChI=1S/C38H27N/c1-24-18-21-35(30-14-7-3-10-26(24)30)39(36-22-19-25(2)27-11-4-8-15-31(27)36)37-23-20-33-29-13-6-5-12-28(29)32-16-9-17-34(37)38(32)33/h3-23H,1-2H3. The summed E-state index contributed by atoms with van der Waals surface area (Å²) in [4.78, 5) is 2.50. The Kier molecular flexibility index (Phi) is 4.72. The largest absolute Gasteiger partial charge is 0.309 e. The molecule has 8 rings (SSSR count). The molecular formula is C38H27N. The predicted molar refractivity (Wildman–Crippen MR) is 168 cm³/mol. The minimum atomic E-state index is 1.20. The summed E-state index contributed by atoms with van der Waals surface area (Å²) in [6.45, 7) is 4.40. The van der Waals surface area contributed by atoms with Crippen LogP contribution in [-0.4, -0.2) is 0 Å². The molecule has 0 heterocycles. The number of benzene rings is 7. The molecule has 0 radical (unpaired) electrons. The molecule has 184 valence electrons.